The van der Waals surface area contributed by atoms with Gasteiger partial charge in [0.15, 0.2) is 0 Å². The largest absolute Gasteiger partial charge is 0.354 e. The Hall–Kier alpha value is -1.47. The van der Waals surface area contributed by atoms with E-state index < -0.39 is 0 Å². The normalized spacial score (nSPS) is 33.6. The molecule has 4 fully saturated rings. The van der Waals surface area contributed by atoms with Crippen LogP contribution in [-0.2, 0) is 5.41 Å². The second-order valence-corrected chi connectivity index (χ2v) is 8.79. The van der Waals surface area contributed by atoms with Crippen LogP contribution in [0.15, 0.2) is 48.5 Å². The van der Waals surface area contributed by atoms with Gasteiger partial charge in [0.2, 0.25) is 0 Å². The fourth-order valence-electron chi connectivity index (χ4n) is 6.09. The highest BCUT2D eigenvalue weighted by Crippen LogP contribution is 2.60. The van der Waals surface area contributed by atoms with Crippen LogP contribution >= 0.6 is 11.6 Å². The third-order valence-electron chi connectivity index (χ3n) is 6.69. The van der Waals surface area contributed by atoms with Gasteiger partial charge in [-0.05, 0) is 91.5 Å². The van der Waals surface area contributed by atoms with Crippen molar-refractivity contribution in [1.29, 1.82) is 0 Å². The third-order valence-corrected chi connectivity index (χ3v) is 7.02. The lowest BCUT2D eigenvalue weighted by Crippen LogP contribution is -2.48. The van der Waals surface area contributed by atoms with E-state index in [1.165, 1.54) is 38.5 Å². The van der Waals surface area contributed by atoms with E-state index >= 15 is 0 Å². The summed E-state index contributed by atoms with van der Waals surface area (Å²) >= 11 is 6.25. The summed E-state index contributed by atoms with van der Waals surface area (Å²) in [6, 6.07) is 17.1. The highest BCUT2D eigenvalue weighted by molar-refractivity contribution is 6.33. The molecule has 2 aromatic rings. The first-order valence-electron chi connectivity index (χ1n) is 9.32. The zero-order valence-electron chi connectivity index (χ0n) is 14.0. The monoisotopic (exact) mass is 337 g/mol. The van der Waals surface area contributed by atoms with Gasteiger partial charge in [-0.3, -0.25) is 0 Å². The molecule has 24 heavy (non-hydrogen) atoms. The van der Waals surface area contributed by atoms with Crippen LogP contribution in [0, 0.1) is 17.8 Å². The van der Waals surface area contributed by atoms with E-state index in [4.69, 9.17) is 11.6 Å². The molecule has 0 aliphatic heterocycles. The number of para-hydroxylation sites is 1. The van der Waals surface area contributed by atoms with Crippen molar-refractivity contribution < 1.29 is 0 Å². The van der Waals surface area contributed by atoms with E-state index in [1.807, 2.05) is 24.3 Å². The van der Waals surface area contributed by atoms with Crippen LogP contribution in [0.1, 0.15) is 44.1 Å². The van der Waals surface area contributed by atoms with Gasteiger partial charge >= 0.3 is 0 Å². The van der Waals surface area contributed by atoms with Crippen molar-refractivity contribution in [2.24, 2.45) is 17.8 Å². The van der Waals surface area contributed by atoms with Crippen molar-refractivity contribution in [1.82, 2.24) is 0 Å². The number of halogens is 1. The van der Waals surface area contributed by atoms with Crippen molar-refractivity contribution >= 4 is 23.0 Å². The standard InChI is InChI=1S/C22H24ClN/c23-20-3-1-2-4-21(20)24-19-7-5-18(6-8-19)22-12-15-9-16(13-22)11-17(10-15)14-22/h1-8,15-17,24H,9-14H2. The quantitative estimate of drug-likeness (QED) is 0.669. The first kappa shape index (κ1) is 14.8. The molecule has 0 amide bonds. The molecule has 1 nitrogen and oxygen atoms in total. The second kappa shape index (κ2) is 5.52. The molecule has 6 rings (SSSR count). The minimum absolute atomic E-state index is 0.484. The van der Waals surface area contributed by atoms with E-state index in [2.05, 4.69) is 29.6 Å². The van der Waals surface area contributed by atoms with Crippen LogP contribution in [0.4, 0.5) is 11.4 Å². The van der Waals surface area contributed by atoms with Gasteiger partial charge in [0.1, 0.15) is 0 Å². The topological polar surface area (TPSA) is 12.0 Å². The third kappa shape index (κ3) is 2.45. The maximum absolute atomic E-state index is 6.25. The summed E-state index contributed by atoms with van der Waals surface area (Å²) in [6.07, 6.45) is 8.80. The molecule has 4 bridgehead atoms. The van der Waals surface area contributed by atoms with Gasteiger partial charge in [0, 0.05) is 5.69 Å². The van der Waals surface area contributed by atoms with Crippen LogP contribution in [0.3, 0.4) is 0 Å². The summed E-state index contributed by atoms with van der Waals surface area (Å²) < 4.78 is 0. The van der Waals surface area contributed by atoms with Gasteiger partial charge < -0.3 is 5.32 Å². The van der Waals surface area contributed by atoms with Crippen molar-refractivity contribution in [2.75, 3.05) is 5.32 Å². The van der Waals surface area contributed by atoms with Gasteiger partial charge in [0.25, 0.3) is 0 Å². The van der Waals surface area contributed by atoms with Crippen molar-refractivity contribution in [3.8, 4) is 0 Å². The average molecular weight is 338 g/mol. The molecule has 2 heteroatoms. The van der Waals surface area contributed by atoms with Crippen LogP contribution in [0.25, 0.3) is 0 Å². The number of anilines is 2. The molecule has 0 radical (unpaired) electrons. The molecule has 0 heterocycles. The fraction of sp³-hybridized carbons (Fsp3) is 0.455. The van der Waals surface area contributed by atoms with E-state index in [0.717, 1.165) is 34.2 Å². The zero-order chi connectivity index (χ0) is 16.1. The first-order chi connectivity index (χ1) is 11.7. The Morgan fingerprint density at radius 1 is 0.792 bits per heavy atom. The Balaban J connectivity index is 1.40. The maximum Gasteiger partial charge on any atom is 0.0640 e. The summed E-state index contributed by atoms with van der Waals surface area (Å²) in [5, 5.41) is 4.21. The molecule has 124 valence electrons. The van der Waals surface area contributed by atoms with E-state index in [0.29, 0.717) is 5.41 Å². The Kier molecular flexibility index (Phi) is 3.42. The molecule has 1 N–H and O–H groups in total. The van der Waals surface area contributed by atoms with Crippen molar-refractivity contribution in [2.45, 2.75) is 43.9 Å². The summed E-state index contributed by atoms with van der Waals surface area (Å²) in [5.74, 6) is 2.99. The molecule has 0 atom stereocenters. The molecule has 0 unspecified atom stereocenters. The fourth-order valence-corrected chi connectivity index (χ4v) is 6.27. The van der Waals surface area contributed by atoms with Crippen LogP contribution in [0.5, 0.6) is 0 Å². The Labute approximate surface area is 149 Å². The van der Waals surface area contributed by atoms with Gasteiger partial charge in [-0.1, -0.05) is 35.9 Å². The van der Waals surface area contributed by atoms with Crippen LogP contribution in [0.2, 0.25) is 5.02 Å². The lowest BCUT2D eigenvalue weighted by molar-refractivity contribution is -0.00518. The summed E-state index contributed by atoms with van der Waals surface area (Å²) in [6.45, 7) is 0. The SMILES string of the molecule is Clc1ccccc1Nc1ccc(C23CC4CC(CC(C4)C2)C3)cc1. The smallest absolute Gasteiger partial charge is 0.0640 e. The van der Waals surface area contributed by atoms with Crippen molar-refractivity contribution in [3.63, 3.8) is 0 Å². The van der Waals surface area contributed by atoms with Crippen LogP contribution < -0.4 is 5.32 Å². The lowest BCUT2D eigenvalue weighted by Gasteiger charge is -2.57. The molecular weight excluding hydrogens is 314 g/mol. The van der Waals surface area contributed by atoms with Gasteiger partial charge in [-0.15, -0.1) is 0 Å². The maximum atomic E-state index is 6.25. The van der Waals surface area contributed by atoms with E-state index in [-0.39, 0.29) is 0 Å². The summed E-state index contributed by atoms with van der Waals surface area (Å²) in [5.41, 5.74) is 4.15. The minimum Gasteiger partial charge on any atom is -0.354 e. The van der Waals surface area contributed by atoms with Gasteiger partial charge in [-0.25, -0.2) is 0 Å². The number of rotatable bonds is 3. The number of hydrogen-bond donors (Lipinski definition) is 1. The predicted molar refractivity (Wildman–Crippen MR) is 101 cm³/mol. The van der Waals surface area contributed by atoms with Gasteiger partial charge in [0.05, 0.1) is 10.7 Å². The first-order valence-corrected chi connectivity index (χ1v) is 9.70. The highest BCUT2D eigenvalue weighted by atomic mass is 35.5. The summed E-state index contributed by atoms with van der Waals surface area (Å²) in [7, 11) is 0. The Morgan fingerprint density at radius 3 is 1.96 bits per heavy atom. The predicted octanol–water partition coefficient (Wildman–Crippen LogP) is 6.55. The highest BCUT2D eigenvalue weighted by Gasteiger charge is 2.51. The lowest BCUT2D eigenvalue weighted by atomic mass is 9.48. The average Bonchev–Trinajstić information content (AvgIpc) is 2.56. The van der Waals surface area contributed by atoms with Crippen LogP contribution in [-0.4, -0.2) is 0 Å². The molecule has 4 aliphatic carbocycles. The Morgan fingerprint density at radius 2 is 1.38 bits per heavy atom. The zero-order valence-corrected chi connectivity index (χ0v) is 14.7. The minimum atomic E-state index is 0.484. The molecular formula is C22H24ClN. The molecule has 2 aromatic carbocycles. The van der Waals surface area contributed by atoms with E-state index in [1.54, 1.807) is 5.56 Å². The second-order valence-electron chi connectivity index (χ2n) is 8.38. The molecule has 4 aliphatic rings. The number of benzene rings is 2. The number of hydrogen-bond acceptors (Lipinski definition) is 1. The van der Waals surface area contributed by atoms with Crippen molar-refractivity contribution in [3.05, 3.63) is 59.1 Å². The molecule has 0 saturated heterocycles. The number of nitrogens with one attached hydrogen (secondary N) is 1. The van der Waals surface area contributed by atoms with E-state index in [9.17, 15) is 0 Å². The Bertz CT molecular complexity index is 714. The molecule has 4 saturated carbocycles. The molecule has 0 spiro atoms. The van der Waals surface area contributed by atoms with Gasteiger partial charge in [-0.2, -0.15) is 0 Å². The molecule has 0 aromatic heterocycles. The summed E-state index contributed by atoms with van der Waals surface area (Å²) in [4.78, 5) is 0.